The Morgan fingerprint density at radius 3 is 2.62 bits per heavy atom. The summed E-state index contributed by atoms with van der Waals surface area (Å²) in [5.41, 5.74) is 3.50. The third-order valence-electron chi connectivity index (χ3n) is 6.33. The van der Waals surface area contributed by atoms with Gasteiger partial charge in [-0.25, -0.2) is 0 Å². The summed E-state index contributed by atoms with van der Waals surface area (Å²) in [7, 11) is 2.11. The van der Waals surface area contributed by atoms with Gasteiger partial charge in [0.1, 0.15) is 11.6 Å². The molecule has 7 heteroatoms. The van der Waals surface area contributed by atoms with Gasteiger partial charge < -0.3 is 4.52 Å². The van der Waals surface area contributed by atoms with Crippen molar-refractivity contribution < 1.29 is 4.52 Å². The zero-order valence-electron chi connectivity index (χ0n) is 16.9. The predicted octanol–water partition coefficient (Wildman–Crippen LogP) is 4.86. The third-order valence-corrected chi connectivity index (χ3v) is 6.56. The van der Waals surface area contributed by atoms with Crippen molar-refractivity contribution in [3.63, 3.8) is 0 Å². The lowest BCUT2D eigenvalue weighted by Crippen LogP contribution is -2.17. The summed E-state index contributed by atoms with van der Waals surface area (Å²) < 4.78 is 7.70. The van der Waals surface area contributed by atoms with Crippen LogP contribution in [-0.4, -0.2) is 31.9 Å². The van der Waals surface area contributed by atoms with Crippen LogP contribution in [0.4, 0.5) is 0 Å². The fourth-order valence-corrected chi connectivity index (χ4v) is 4.98. The standard InChI is InChI=1S/C22H26ClN5O/c1-3-18-11-19(26-29-18)14-4-6-15(7-5-14)22-25-24-21-13-27(2)12-16-10-17(23)8-9-20(16)28(21)22/h8-11,14-15H,3-7,12-13H2,1-2H3/t14-,15+. The number of rotatable bonds is 3. The van der Waals surface area contributed by atoms with Crippen molar-refractivity contribution in [2.75, 3.05) is 7.05 Å². The molecule has 0 spiro atoms. The first-order valence-corrected chi connectivity index (χ1v) is 10.9. The van der Waals surface area contributed by atoms with Crippen LogP contribution >= 0.6 is 11.6 Å². The molecule has 0 N–H and O–H groups in total. The van der Waals surface area contributed by atoms with Crippen LogP contribution in [0.2, 0.25) is 5.02 Å². The van der Waals surface area contributed by atoms with Crippen LogP contribution in [-0.2, 0) is 19.5 Å². The minimum atomic E-state index is 0.414. The number of hydrogen-bond acceptors (Lipinski definition) is 5. The first-order chi connectivity index (χ1) is 14.1. The van der Waals surface area contributed by atoms with Gasteiger partial charge in [0.05, 0.1) is 17.9 Å². The topological polar surface area (TPSA) is 60.0 Å². The zero-order valence-corrected chi connectivity index (χ0v) is 17.7. The van der Waals surface area contributed by atoms with Crippen LogP contribution in [0.1, 0.15) is 73.1 Å². The number of benzene rings is 1. The molecule has 2 aliphatic rings. The summed E-state index contributed by atoms with van der Waals surface area (Å²) in [6, 6.07) is 8.27. The van der Waals surface area contributed by atoms with E-state index >= 15 is 0 Å². The Balaban J connectivity index is 1.42. The monoisotopic (exact) mass is 411 g/mol. The number of nitrogens with zero attached hydrogens (tertiary/aromatic N) is 5. The number of fused-ring (bicyclic) bond motifs is 3. The molecule has 0 saturated heterocycles. The summed E-state index contributed by atoms with van der Waals surface area (Å²) in [4.78, 5) is 2.26. The van der Waals surface area contributed by atoms with E-state index in [9.17, 15) is 0 Å². The Kier molecular flexibility index (Phi) is 4.92. The van der Waals surface area contributed by atoms with Crippen molar-refractivity contribution in [2.45, 2.75) is 64.0 Å². The maximum absolute atomic E-state index is 6.28. The Bertz CT molecular complexity index is 1020. The Labute approximate surface area is 175 Å². The quantitative estimate of drug-likeness (QED) is 0.616. The summed E-state index contributed by atoms with van der Waals surface area (Å²) in [6.45, 7) is 3.74. The molecule has 0 amide bonds. The van der Waals surface area contributed by atoms with Crippen molar-refractivity contribution >= 4 is 11.6 Å². The maximum Gasteiger partial charge on any atom is 0.151 e. The van der Waals surface area contributed by atoms with Gasteiger partial charge in [-0.2, -0.15) is 0 Å². The fraction of sp³-hybridized carbons (Fsp3) is 0.500. The van der Waals surface area contributed by atoms with Gasteiger partial charge >= 0.3 is 0 Å². The molecule has 0 atom stereocenters. The second-order valence-electron chi connectivity index (χ2n) is 8.38. The molecule has 152 valence electrons. The largest absolute Gasteiger partial charge is 0.361 e. The number of aromatic nitrogens is 4. The van der Waals surface area contributed by atoms with Gasteiger partial charge in [-0.1, -0.05) is 23.7 Å². The molecule has 1 fully saturated rings. The van der Waals surface area contributed by atoms with Crippen molar-refractivity contribution in [1.82, 2.24) is 24.8 Å². The molecular weight excluding hydrogens is 386 g/mol. The van der Waals surface area contributed by atoms with E-state index in [-0.39, 0.29) is 0 Å². The molecule has 1 aliphatic heterocycles. The van der Waals surface area contributed by atoms with Crippen LogP contribution < -0.4 is 0 Å². The number of hydrogen-bond donors (Lipinski definition) is 0. The second kappa shape index (κ2) is 7.58. The molecule has 0 unspecified atom stereocenters. The third kappa shape index (κ3) is 3.49. The first-order valence-electron chi connectivity index (χ1n) is 10.5. The predicted molar refractivity (Wildman–Crippen MR) is 111 cm³/mol. The molecular formula is C22H26ClN5O. The van der Waals surface area contributed by atoms with Crippen molar-refractivity contribution in [1.29, 1.82) is 0 Å². The molecule has 29 heavy (non-hydrogen) atoms. The summed E-state index contributed by atoms with van der Waals surface area (Å²) in [6.07, 6.45) is 5.30. The van der Waals surface area contributed by atoms with Crippen LogP contribution in [0.25, 0.3) is 5.69 Å². The maximum atomic E-state index is 6.28. The summed E-state index contributed by atoms with van der Waals surface area (Å²) >= 11 is 6.28. The number of aryl methyl sites for hydroxylation is 1. The second-order valence-corrected chi connectivity index (χ2v) is 8.81. The minimum Gasteiger partial charge on any atom is -0.361 e. The lowest BCUT2D eigenvalue weighted by atomic mass is 9.80. The van der Waals surface area contributed by atoms with Crippen LogP contribution in [0, 0.1) is 0 Å². The van der Waals surface area contributed by atoms with Gasteiger partial charge in [-0.05, 0) is 56.5 Å². The lowest BCUT2D eigenvalue weighted by molar-refractivity contribution is 0.315. The van der Waals surface area contributed by atoms with Gasteiger partial charge in [0.15, 0.2) is 5.82 Å². The number of halogens is 1. The molecule has 1 aromatic carbocycles. The molecule has 2 aromatic heterocycles. The molecule has 3 heterocycles. The Morgan fingerprint density at radius 1 is 1.07 bits per heavy atom. The SMILES string of the molecule is CCc1cc([C@H]2CC[C@@H](c3nnc4n3-c3ccc(Cl)cc3CN(C)C4)CC2)no1. The van der Waals surface area contributed by atoms with E-state index < -0.39 is 0 Å². The summed E-state index contributed by atoms with van der Waals surface area (Å²) in [5.74, 6) is 3.97. The van der Waals surface area contributed by atoms with E-state index in [0.29, 0.717) is 11.8 Å². The highest BCUT2D eigenvalue weighted by atomic mass is 35.5. The fourth-order valence-electron chi connectivity index (χ4n) is 4.78. The van der Waals surface area contributed by atoms with Crippen molar-refractivity contribution in [3.8, 4) is 5.69 Å². The van der Waals surface area contributed by atoms with Crippen molar-refractivity contribution in [3.05, 3.63) is 58.0 Å². The highest BCUT2D eigenvalue weighted by Gasteiger charge is 2.31. The first kappa shape index (κ1) is 18.8. The summed E-state index contributed by atoms with van der Waals surface area (Å²) in [5, 5.41) is 14.3. The highest BCUT2D eigenvalue weighted by molar-refractivity contribution is 6.30. The van der Waals surface area contributed by atoms with Gasteiger partial charge in [-0.3, -0.25) is 9.47 Å². The average Bonchev–Trinajstić information content (AvgIpc) is 3.33. The Morgan fingerprint density at radius 2 is 1.86 bits per heavy atom. The van der Waals surface area contributed by atoms with Gasteiger partial charge in [0.2, 0.25) is 0 Å². The van der Waals surface area contributed by atoms with E-state index in [0.717, 1.165) is 73.3 Å². The molecule has 1 saturated carbocycles. The minimum absolute atomic E-state index is 0.414. The normalized spacial score (nSPS) is 22.2. The molecule has 3 aromatic rings. The van der Waals surface area contributed by atoms with Gasteiger partial charge in [-0.15, -0.1) is 10.2 Å². The highest BCUT2D eigenvalue weighted by Crippen LogP contribution is 2.41. The van der Waals surface area contributed by atoms with E-state index in [1.807, 2.05) is 6.07 Å². The van der Waals surface area contributed by atoms with E-state index in [2.05, 4.69) is 57.0 Å². The van der Waals surface area contributed by atoms with E-state index in [1.165, 1.54) is 11.3 Å². The van der Waals surface area contributed by atoms with E-state index in [1.54, 1.807) is 0 Å². The smallest absolute Gasteiger partial charge is 0.151 e. The zero-order chi connectivity index (χ0) is 20.0. The van der Waals surface area contributed by atoms with Gasteiger partial charge in [0, 0.05) is 35.9 Å². The van der Waals surface area contributed by atoms with Gasteiger partial charge in [0.25, 0.3) is 0 Å². The van der Waals surface area contributed by atoms with Crippen LogP contribution in [0.3, 0.4) is 0 Å². The average molecular weight is 412 g/mol. The molecule has 0 bridgehead atoms. The lowest BCUT2D eigenvalue weighted by Gasteiger charge is -2.27. The van der Waals surface area contributed by atoms with Crippen molar-refractivity contribution in [2.24, 2.45) is 0 Å². The van der Waals surface area contributed by atoms with E-state index in [4.69, 9.17) is 16.1 Å². The van der Waals surface area contributed by atoms with Crippen LogP contribution in [0.5, 0.6) is 0 Å². The molecule has 5 rings (SSSR count). The molecule has 1 aliphatic carbocycles. The molecule has 0 radical (unpaired) electrons. The Hall–Kier alpha value is -2.18. The molecule has 6 nitrogen and oxygen atoms in total. The van der Waals surface area contributed by atoms with Crippen LogP contribution in [0.15, 0.2) is 28.8 Å².